The molecule has 0 aromatic heterocycles. The second kappa shape index (κ2) is 4.45. The van der Waals surface area contributed by atoms with E-state index in [1.807, 2.05) is 0 Å². The quantitative estimate of drug-likeness (QED) is 0.851. The van der Waals surface area contributed by atoms with Gasteiger partial charge in [0.2, 0.25) is 5.79 Å². The minimum absolute atomic E-state index is 0.00988. The Morgan fingerprint density at radius 2 is 2.08 bits per heavy atom. The van der Waals surface area contributed by atoms with E-state index in [0.29, 0.717) is 25.2 Å². The number of nitrogens with one attached hydrogen (secondary N) is 1. The lowest BCUT2D eigenvalue weighted by molar-refractivity contribution is -0.256. The Balaban J connectivity index is 1.63. The molecule has 1 N–H and O–H groups in total. The maximum Gasteiger partial charge on any atom is 0.206 e. The summed E-state index contributed by atoms with van der Waals surface area (Å²) in [4.78, 5) is 0. The summed E-state index contributed by atoms with van der Waals surface area (Å²) in [7, 11) is 1.73. The predicted octanol–water partition coefficient (Wildman–Crippen LogP) is 1.77. The van der Waals surface area contributed by atoms with E-state index < -0.39 is 5.79 Å². The van der Waals surface area contributed by atoms with Crippen LogP contribution in [-0.2, 0) is 21.3 Å². The molecule has 0 unspecified atom stereocenters. The number of fused-ring (bicyclic) bond motifs is 1. The zero-order valence-electron chi connectivity index (χ0n) is 14.0. The molecule has 2 spiro atoms. The van der Waals surface area contributed by atoms with Crippen LogP contribution in [-0.4, -0.2) is 44.8 Å². The molecule has 6 rings (SSSR count). The van der Waals surface area contributed by atoms with Crippen molar-refractivity contribution in [2.24, 2.45) is 5.92 Å². The van der Waals surface area contributed by atoms with Crippen LogP contribution in [0.15, 0.2) is 12.1 Å². The van der Waals surface area contributed by atoms with Crippen LogP contribution in [0, 0.1) is 5.92 Å². The fourth-order valence-electron chi connectivity index (χ4n) is 6.35. The van der Waals surface area contributed by atoms with Crippen LogP contribution in [0.25, 0.3) is 0 Å². The normalized spacial score (nSPS) is 40.3. The molecule has 2 bridgehead atoms. The Kier molecular flexibility index (Phi) is 2.58. The Labute approximate surface area is 141 Å². The van der Waals surface area contributed by atoms with Crippen molar-refractivity contribution in [2.75, 3.05) is 26.9 Å². The smallest absolute Gasteiger partial charge is 0.206 e. The van der Waals surface area contributed by atoms with Gasteiger partial charge in [0.1, 0.15) is 0 Å². The summed E-state index contributed by atoms with van der Waals surface area (Å²) in [5.41, 5.74) is 2.82. The van der Waals surface area contributed by atoms with Gasteiger partial charge in [-0.15, -0.1) is 0 Å². The van der Waals surface area contributed by atoms with Gasteiger partial charge in [0, 0.05) is 23.4 Å². The summed E-state index contributed by atoms with van der Waals surface area (Å²) >= 11 is 0. The molecule has 128 valence electrons. The zero-order chi connectivity index (χ0) is 15.9. The topological polar surface area (TPSA) is 49.0 Å². The van der Waals surface area contributed by atoms with Crippen molar-refractivity contribution in [1.82, 2.24) is 5.32 Å². The minimum atomic E-state index is -0.572. The van der Waals surface area contributed by atoms with Crippen LogP contribution in [0.3, 0.4) is 0 Å². The van der Waals surface area contributed by atoms with E-state index in [9.17, 15) is 0 Å². The lowest BCUT2D eigenvalue weighted by Crippen LogP contribution is -2.69. The second-order valence-electron chi connectivity index (χ2n) is 7.84. The van der Waals surface area contributed by atoms with Crippen LogP contribution in [0.2, 0.25) is 0 Å². The molecule has 4 atom stereocenters. The third-order valence-corrected chi connectivity index (χ3v) is 7.11. The summed E-state index contributed by atoms with van der Waals surface area (Å²) < 4.78 is 24.7. The molecule has 5 aliphatic rings. The highest BCUT2D eigenvalue weighted by Gasteiger charge is 2.70. The maximum atomic E-state index is 6.64. The van der Waals surface area contributed by atoms with Gasteiger partial charge in [0.15, 0.2) is 17.6 Å². The highest BCUT2D eigenvalue weighted by molar-refractivity contribution is 5.61. The SMILES string of the molecule is COc1ccc2c3c1O[C@H]1C4(CC[C@H]5[C@@H](C2)NCC[C@@]351)OCCO4. The van der Waals surface area contributed by atoms with Gasteiger partial charge in [0.25, 0.3) is 0 Å². The van der Waals surface area contributed by atoms with Gasteiger partial charge >= 0.3 is 0 Å². The van der Waals surface area contributed by atoms with Crippen LogP contribution in [0.4, 0.5) is 0 Å². The molecule has 24 heavy (non-hydrogen) atoms. The maximum absolute atomic E-state index is 6.64. The van der Waals surface area contributed by atoms with Crippen LogP contribution >= 0.6 is 0 Å². The molecular weight excluding hydrogens is 306 g/mol. The number of hydrogen-bond acceptors (Lipinski definition) is 5. The summed E-state index contributed by atoms with van der Waals surface area (Å²) in [6.07, 6.45) is 4.17. The van der Waals surface area contributed by atoms with Crippen molar-refractivity contribution in [3.8, 4) is 11.5 Å². The highest BCUT2D eigenvalue weighted by atomic mass is 16.8. The van der Waals surface area contributed by atoms with E-state index in [-0.39, 0.29) is 11.5 Å². The largest absolute Gasteiger partial charge is 0.493 e. The number of piperidine rings is 1. The van der Waals surface area contributed by atoms with Crippen molar-refractivity contribution in [2.45, 2.75) is 49.0 Å². The van der Waals surface area contributed by atoms with E-state index in [2.05, 4.69) is 17.4 Å². The first-order chi connectivity index (χ1) is 11.8. The molecule has 1 aromatic carbocycles. The lowest BCUT2D eigenvalue weighted by atomic mass is 9.51. The molecule has 0 amide bonds. The van der Waals surface area contributed by atoms with Crippen molar-refractivity contribution < 1.29 is 18.9 Å². The number of hydrogen-bond donors (Lipinski definition) is 1. The predicted molar refractivity (Wildman–Crippen MR) is 86.6 cm³/mol. The Morgan fingerprint density at radius 3 is 2.92 bits per heavy atom. The fourth-order valence-corrected chi connectivity index (χ4v) is 6.35. The molecular formula is C19H23NO4. The Morgan fingerprint density at radius 1 is 1.21 bits per heavy atom. The number of ether oxygens (including phenoxy) is 4. The van der Waals surface area contributed by atoms with Crippen molar-refractivity contribution in [3.63, 3.8) is 0 Å². The number of rotatable bonds is 1. The summed E-state index contributed by atoms with van der Waals surface area (Å²) in [5, 5.41) is 3.77. The Hall–Kier alpha value is -1.30. The van der Waals surface area contributed by atoms with Crippen LogP contribution in [0.1, 0.15) is 30.4 Å². The van der Waals surface area contributed by atoms with Gasteiger partial charge in [-0.05, 0) is 43.4 Å². The van der Waals surface area contributed by atoms with E-state index in [1.54, 1.807) is 7.11 Å². The average molecular weight is 329 g/mol. The molecule has 1 aromatic rings. The minimum Gasteiger partial charge on any atom is -0.493 e. The van der Waals surface area contributed by atoms with Gasteiger partial charge in [-0.1, -0.05) is 6.07 Å². The first-order valence-corrected chi connectivity index (χ1v) is 9.17. The third-order valence-electron chi connectivity index (χ3n) is 7.11. The van der Waals surface area contributed by atoms with Gasteiger partial charge in [-0.25, -0.2) is 0 Å². The van der Waals surface area contributed by atoms with E-state index >= 15 is 0 Å². The van der Waals surface area contributed by atoms with Crippen molar-refractivity contribution in [3.05, 3.63) is 23.3 Å². The molecule has 2 saturated heterocycles. The molecule has 5 nitrogen and oxygen atoms in total. The molecule has 0 radical (unpaired) electrons. The summed E-state index contributed by atoms with van der Waals surface area (Å²) in [6.45, 7) is 2.37. The van der Waals surface area contributed by atoms with Crippen molar-refractivity contribution >= 4 is 0 Å². The lowest BCUT2D eigenvalue weighted by Gasteiger charge is -2.58. The van der Waals surface area contributed by atoms with Crippen molar-refractivity contribution in [1.29, 1.82) is 0 Å². The number of methoxy groups -OCH3 is 1. The van der Waals surface area contributed by atoms with E-state index in [1.165, 1.54) is 11.1 Å². The van der Waals surface area contributed by atoms with Gasteiger partial charge < -0.3 is 24.3 Å². The molecule has 3 heterocycles. The summed E-state index contributed by atoms with van der Waals surface area (Å²) in [6, 6.07) is 4.83. The highest BCUT2D eigenvalue weighted by Crippen LogP contribution is 2.65. The average Bonchev–Trinajstić information content (AvgIpc) is 3.19. The molecule has 2 aliphatic carbocycles. The molecule has 3 aliphatic heterocycles. The third kappa shape index (κ3) is 1.40. The first-order valence-electron chi connectivity index (χ1n) is 9.17. The van der Waals surface area contributed by atoms with E-state index in [0.717, 1.165) is 43.7 Å². The second-order valence-corrected chi connectivity index (χ2v) is 7.84. The molecule has 3 fully saturated rings. The van der Waals surface area contributed by atoms with Gasteiger partial charge in [-0.3, -0.25) is 0 Å². The van der Waals surface area contributed by atoms with Crippen LogP contribution < -0.4 is 14.8 Å². The van der Waals surface area contributed by atoms with Gasteiger partial charge in [-0.2, -0.15) is 0 Å². The number of benzene rings is 1. The molecule has 5 heteroatoms. The van der Waals surface area contributed by atoms with E-state index in [4.69, 9.17) is 18.9 Å². The first kappa shape index (κ1) is 13.9. The van der Waals surface area contributed by atoms with Gasteiger partial charge in [0.05, 0.1) is 20.3 Å². The molecule has 1 saturated carbocycles. The fraction of sp³-hybridized carbons (Fsp3) is 0.684. The monoisotopic (exact) mass is 329 g/mol. The zero-order valence-corrected chi connectivity index (χ0v) is 14.0. The summed E-state index contributed by atoms with van der Waals surface area (Å²) in [5.74, 6) is 1.82. The van der Waals surface area contributed by atoms with Crippen LogP contribution in [0.5, 0.6) is 11.5 Å². The Bertz CT molecular complexity index is 714. The standard InChI is InChI=1S/C19H23NO4/c1-21-14-3-2-11-10-13-12-4-5-19(22-8-9-23-19)17-18(12,6-7-20-13)15(11)16(14)24-17/h2-3,12-13,17,20H,4-10H2,1H3/t12-,13+,17+,18-/m0/s1.